The van der Waals surface area contributed by atoms with E-state index in [2.05, 4.69) is 0 Å². The molecule has 6 rings (SSSR count). The first-order chi connectivity index (χ1) is 16.9. The molecule has 190 valence electrons. The van der Waals surface area contributed by atoms with Gasteiger partial charge in [-0.1, -0.05) is 30.3 Å². The van der Waals surface area contributed by atoms with E-state index in [0.717, 1.165) is 5.56 Å². The number of hydrogen-bond donors (Lipinski definition) is 0. The van der Waals surface area contributed by atoms with Crippen molar-refractivity contribution in [2.75, 3.05) is 66.1 Å². The Hall–Kier alpha value is -1.18. The van der Waals surface area contributed by atoms with Crippen LogP contribution in [0.25, 0.3) is 0 Å². The second kappa shape index (κ2) is 12.7. The van der Waals surface area contributed by atoms with Crippen LogP contribution in [0.2, 0.25) is 0 Å². The molecule has 0 spiro atoms. The van der Waals surface area contributed by atoms with Crippen molar-refractivity contribution < 1.29 is 47.4 Å². The summed E-state index contributed by atoms with van der Waals surface area (Å²) in [6, 6.07) is 10.0. The van der Waals surface area contributed by atoms with Gasteiger partial charge >= 0.3 is 0 Å². The maximum atomic E-state index is 6.33. The summed E-state index contributed by atoms with van der Waals surface area (Å²) >= 11 is 0. The average Bonchev–Trinajstić information content (AvgIpc) is 2.86. The molecule has 5 fully saturated rings. The molecule has 5 aliphatic rings. The van der Waals surface area contributed by atoms with Gasteiger partial charge in [0.15, 0.2) is 0 Å². The molecule has 0 aromatic heterocycles. The number of ether oxygens (including phenoxy) is 10. The fourth-order valence-corrected chi connectivity index (χ4v) is 4.65. The molecule has 34 heavy (non-hydrogen) atoms. The number of hydrogen-bond acceptors (Lipinski definition) is 10. The van der Waals surface area contributed by atoms with Gasteiger partial charge in [0.05, 0.1) is 72.7 Å². The van der Waals surface area contributed by atoms with Gasteiger partial charge in [0.2, 0.25) is 0 Å². The van der Waals surface area contributed by atoms with Crippen LogP contribution in [0.3, 0.4) is 0 Å². The molecule has 1 aromatic carbocycles. The van der Waals surface area contributed by atoms with Gasteiger partial charge in [-0.05, 0) is 5.56 Å². The summed E-state index contributed by atoms with van der Waals surface area (Å²) in [5.74, 6) is 0. The van der Waals surface area contributed by atoms with Gasteiger partial charge in [0.1, 0.15) is 36.6 Å². The Kier molecular flexibility index (Phi) is 9.14. The third-order valence-electron chi connectivity index (χ3n) is 6.22. The standard InChI is InChI=1S/C24H34O10/c1-2-4-17(5-3-1)16-31-20-22-18-21-19(23(20)34-24(32-21)33-22)30-15-13-28-11-9-26-7-6-25-8-10-27-12-14-29-18/h1-5,18-24H,6-16H2/t18-,19-,20?,21?,22-,23-,24?/m0/s1. The Morgan fingerprint density at radius 2 is 1.03 bits per heavy atom. The largest absolute Gasteiger partial charge is 0.377 e. The molecule has 4 saturated heterocycles. The zero-order chi connectivity index (χ0) is 23.0. The maximum Gasteiger partial charge on any atom is 0.272 e. The molecule has 4 heterocycles. The topological polar surface area (TPSA) is 92.3 Å². The predicted molar refractivity (Wildman–Crippen MR) is 116 cm³/mol. The Morgan fingerprint density at radius 1 is 0.559 bits per heavy atom. The van der Waals surface area contributed by atoms with Crippen molar-refractivity contribution in [2.45, 2.75) is 49.7 Å². The summed E-state index contributed by atoms with van der Waals surface area (Å²) in [5.41, 5.74) is 1.08. The molecule has 0 radical (unpaired) electrons. The highest BCUT2D eigenvalue weighted by Crippen LogP contribution is 2.43. The molecule has 1 aromatic rings. The minimum absolute atomic E-state index is 0.322. The minimum Gasteiger partial charge on any atom is -0.377 e. The first-order valence-corrected chi connectivity index (χ1v) is 12.1. The third-order valence-corrected chi connectivity index (χ3v) is 6.22. The summed E-state index contributed by atoms with van der Waals surface area (Å²) in [6.07, 6.45) is -2.05. The zero-order valence-electron chi connectivity index (χ0n) is 19.3. The van der Waals surface area contributed by atoms with Gasteiger partial charge in [-0.2, -0.15) is 0 Å². The van der Waals surface area contributed by atoms with Crippen LogP contribution in [0.1, 0.15) is 5.56 Å². The van der Waals surface area contributed by atoms with E-state index in [9.17, 15) is 0 Å². The highest BCUT2D eigenvalue weighted by molar-refractivity contribution is 5.14. The fraction of sp³-hybridized carbons (Fsp3) is 0.750. The van der Waals surface area contributed by atoms with Crippen molar-refractivity contribution in [1.29, 1.82) is 0 Å². The van der Waals surface area contributed by atoms with E-state index in [1.165, 1.54) is 0 Å². The molecule has 0 N–H and O–H groups in total. The first-order valence-electron chi connectivity index (χ1n) is 12.1. The molecular weight excluding hydrogens is 448 g/mol. The smallest absolute Gasteiger partial charge is 0.272 e. The van der Waals surface area contributed by atoms with Crippen LogP contribution in [-0.4, -0.2) is 109 Å². The maximum absolute atomic E-state index is 6.33. The van der Waals surface area contributed by atoms with Gasteiger partial charge in [0, 0.05) is 0 Å². The molecule has 1 aliphatic carbocycles. The van der Waals surface area contributed by atoms with Crippen LogP contribution in [0, 0.1) is 0 Å². The second-order valence-corrected chi connectivity index (χ2v) is 8.47. The molecule has 10 heteroatoms. The summed E-state index contributed by atoms with van der Waals surface area (Å²) in [4.78, 5) is 0. The van der Waals surface area contributed by atoms with Crippen molar-refractivity contribution >= 4 is 0 Å². The van der Waals surface area contributed by atoms with Gasteiger partial charge in [0.25, 0.3) is 6.48 Å². The van der Waals surface area contributed by atoms with E-state index >= 15 is 0 Å². The molecule has 1 saturated carbocycles. The second-order valence-electron chi connectivity index (χ2n) is 8.47. The normalized spacial score (nSPS) is 38.1. The SMILES string of the molecule is c1ccc(COC2[C@H]3OC4OC5[C@@H]3OCCOCCOCCOCCOCCO[C@@H]5[C@@H]2O4)cc1. The van der Waals surface area contributed by atoms with Gasteiger partial charge in [-0.15, -0.1) is 0 Å². The van der Waals surface area contributed by atoms with Crippen molar-refractivity contribution in [2.24, 2.45) is 0 Å². The van der Waals surface area contributed by atoms with Crippen LogP contribution in [-0.2, 0) is 54.0 Å². The molecule has 0 unspecified atom stereocenters. The van der Waals surface area contributed by atoms with Crippen molar-refractivity contribution in [3.63, 3.8) is 0 Å². The van der Waals surface area contributed by atoms with E-state index in [-0.39, 0.29) is 36.6 Å². The van der Waals surface area contributed by atoms with Crippen LogP contribution in [0.5, 0.6) is 0 Å². The lowest BCUT2D eigenvalue weighted by Gasteiger charge is -2.58. The zero-order valence-corrected chi connectivity index (χ0v) is 19.3. The van der Waals surface area contributed by atoms with Crippen molar-refractivity contribution in [3.05, 3.63) is 35.9 Å². The van der Waals surface area contributed by atoms with Gasteiger partial charge in [-0.25, -0.2) is 0 Å². The van der Waals surface area contributed by atoms with Crippen LogP contribution in [0.15, 0.2) is 30.3 Å². The van der Waals surface area contributed by atoms with E-state index in [0.29, 0.717) is 72.7 Å². The fourth-order valence-electron chi connectivity index (χ4n) is 4.65. The summed E-state index contributed by atoms with van der Waals surface area (Å²) in [5, 5.41) is 0. The van der Waals surface area contributed by atoms with Crippen molar-refractivity contribution in [1.82, 2.24) is 0 Å². The van der Waals surface area contributed by atoms with Gasteiger partial charge in [-0.3, -0.25) is 0 Å². The summed E-state index contributed by atoms with van der Waals surface area (Å²) < 4.78 is 59.0. The number of benzene rings is 1. The molecular formula is C24H34O10. The van der Waals surface area contributed by atoms with Gasteiger partial charge < -0.3 is 47.4 Å². The molecule has 6 bridgehead atoms. The first kappa shape index (κ1) is 24.5. The minimum atomic E-state index is -0.736. The lowest BCUT2D eigenvalue weighted by Crippen LogP contribution is -2.76. The Labute approximate surface area is 199 Å². The molecule has 4 aliphatic heterocycles. The lowest BCUT2D eigenvalue weighted by atomic mass is 9.82. The highest BCUT2D eigenvalue weighted by Gasteiger charge is 2.63. The van der Waals surface area contributed by atoms with Crippen LogP contribution in [0.4, 0.5) is 0 Å². The Bertz CT molecular complexity index is 685. The summed E-state index contributed by atoms with van der Waals surface area (Å²) in [6.45, 7) is 4.41. The molecule has 0 amide bonds. The van der Waals surface area contributed by atoms with Crippen LogP contribution >= 0.6 is 0 Å². The quantitative estimate of drug-likeness (QED) is 0.619. The third kappa shape index (κ3) is 6.14. The Balaban J connectivity index is 1.25. The van der Waals surface area contributed by atoms with Crippen LogP contribution < -0.4 is 0 Å². The Morgan fingerprint density at radius 3 is 1.56 bits per heavy atom. The summed E-state index contributed by atoms with van der Waals surface area (Å²) in [7, 11) is 0. The molecule has 10 nitrogen and oxygen atoms in total. The molecule has 4 atom stereocenters. The predicted octanol–water partition coefficient (Wildman–Crippen LogP) is 0.902. The monoisotopic (exact) mass is 482 g/mol. The van der Waals surface area contributed by atoms with E-state index in [1.807, 2.05) is 30.3 Å². The average molecular weight is 483 g/mol. The van der Waals surface area contributed by atoms with E-state index in [1.54, 1.807) is 0 Å². The van der Waals surface area contributed by atoms with E-state index < -0.39 is 6.48 Å². The number of rotatable bonds is 3. The highest BCUT2D eigenvalue weighted by atomic mass is 16.9. The van der Waals surface area contributed by atoms with E-state index in [4.69, 9.17) is 47.4 Å². The lowest BCUT2D eigenvalue weighted by molar-refractivity contribution is -0.489. The van der Waals surface area contributed by atoms with Crippen molar-refractivity contribution in [3.8, 4) is 0 Å².